The van der Waals surface area contributed by atoms with Crippen LogP contribution in [0.15, 0.2) is 28.3 Å². The Morgan fingerprint density at radius 1 is 1.42 bits per heavy atom. The molecule has 1 aliphatic rings. The predicted octanol–water partition coefficient (Wildman–Crippen LogP) is -0.0258. The lowest BCUT2D eigenvalue weighted by atomic mass is 10.1. The fraction of sp³-hybridized carbons (Fsp3) is 0.429. The van der Waals surface area contributed by atoms with Gasteiger partial charge in [0.1, 0.15) is 22.6 Å². The molecule has 2 aromatic rings. The summed E-state index contributed by atoms with van der Waals surface area (Å²) in [7, 11) is 0.588. The summed E-state index contributed by atoms with van der Waals surface area (Å²) in [5.74, 6) is 0.353. The highest BCUT2D eigenvalue weighted by Gasteiger charge is 2.24. The second-order valence-electron chi connectivity index (χ2n) is 5.53. The van der Waals surface area contributed by atoms with Gasteiger partial charge in [0.15, 0.2) is 0 Å². The Balaban J connectivity index is 1.57. The predicted molar refractivity (Wildman–Crippen MR) is 87.4 cm³/mol. The van der Waals surface area contributed by atoms with E-state index >= 15 is 0 Å². The molecular formula is C14H17N7O2S. The molecular weight excluding hydrogens is 330 g/mol. The van der Waals surface area contributed by atoms with E-state index in [9.17, 15) is 9.00 Å². The van der Waals surface area contributed by atoms with Crippen LogP contribution in [0.4, 0.5) is 5.95 Å². The van der Waals surface area contributed by atoms with Crippen LogP contribution in [0.5, 0.6) is 0 Å². The molecule has 3 rings (SSSR count). The summed E-state index contributed by atoms with van der Waals surface area (Å²) < 4.78 is 16.0. The third kappa shape index (κ3) is 3.52. The van der Waals surface area contributed by atoms with Crippen LogP contribution in [-0.2, 0) is 18.0 Å². The number of anilines is 1. The van der Waals surface area contributed by atoms with Crippen molar-refractivity contribution in [1.82, 2.24) is 24.1 Å². The number of H-pyrrole nitrogens is 1. The highest BCUT2D eigenvalue weighted by Crippen LogP contribution is 2.18. The number of hydrogen-bond donors (Lipinski definition) is 2. The number of piperidine rings is 1. The molecule has 1 aliphatic heterocycles. The molecule has 0 amide bonds. The van der Waals surface area contributed by atoms with E-state index in [1.54, 1.807) is 30.2 Å². The van der Waals surface area contributed by atoms with Gasteiger partial charge in [-0.3, -0.25) is 14.5 Å². The van der Waals surface area contributed by atoms with Crippen molar-refractivity contribution >= 4 is 16.9 Å². The van der Waals surface area contributed by atoms with Crippen molar-refractivity contribution in [1.29, 1.82) is 5.26 Å². The summed E-state index contributed by atoms with van der Waals surface area (Å²) in [6, 6.07) is 1.91. The summed E-state index contributed by atoms with van der Waals surface area (Å²) in [6.45, 7) is 1.33. The fourth-order valence-corrected chi connectivity index (χ4v) is 3.77. The van der Waals surface area contributed by atoms with Crippen molar-refractivity contribution < 1.29 is 4.21 Å². The Kier molecular flexibility index (Phi) is 4.73. The molecule has 3 heterocycles. The van der Waals surface area contributed by atoms with Gasteiger partial charge in [0.05, 0.1) is 17.3 Å². The zero-order valence-electron chi connectivity index (χ0n) is 13.1. The van der Waals surface area contributed by atoms with Crippen LogP contribution in [-0.4, -0.2) is 47.4 Å². The van der Waals surface area contributed by atoms with Gasteiger partial charge >= 0.3 is 0 Å². The van der Waals surface area contributed by atoms with Gasteiger partial charge in [-0.15, -0.1) is 0 Å². The van der Waals surface area contributed by atoms with Crippen LogP contribution < -0.4 is 10.9 Å². The van der Waals surface area contributed by atoms with Crippen molar-refractivity contribution in [3.63, 3.8) is 0 Å². The zero-order valence-corrected chi connectivity index (χ0v) is 13.9. The molecule has 1 fully saturated rings. The molecule has 2 aromatic heterocycles. The van der Waals surface area contributed by atoms with E-state index in [4.69, 9.17) is 5.26 Å². The Morgan fingerprint density at radius 3 is 2.75 bits per heavy atom. The van der Waals surface area contributed by atoms with E-state index in [1.807, 2.05) is 4.31 Å². The van der Waals surface area contributed by atoms with E-state index in [0.29, 0.717) is 23.9 Å². The highest BCUT2D eigenvalue weighted by atomic mass is 32.2. The first-order chi connectivity index (χ1) is 11.6. The lowest BCUT2D eigenvalue weighted by molar-refractivity contribution is 0.345. The molecule has 1 saturated heterocycles. The van der Waals surface area contributed by atoms with Gasteiger partial charge in [-0.05, 0) is 12.8 Å². The van der Waals surface area contributed by atoms with Crippen molar-refractivity contribution in [2.75, 3.05) is 18.4 Å². The second-order valence-corrected chi connectivity index (χ2v) is 7.02. The molecule has 0 aromatic carbocycles. The first-order valence-electron chi connectivity index (χ1n) is 7.48. The van der Waals surface area contributed by atoms with Crippen LogP contribution in [0, 0.1) is 11.3 Å². The molecule has 10 heteroatoms. The zero-order chi connectivity index (χ0) is 17.1. The number of aromatic amines is 1. The molecule has 0 spiro atoms. The van der Waals surface area contributed by atoms with Gasteiger partial charge in [0, 0.05) is 32.4 Å². The van der Waals surface area contributed by atoms with E-state index in [2.05, 4.69) is 20.4 Å². The maximum absolute atomic E-state index is 12.5. The van der Waals surface area contributed by atoms with Gasteiger partial charge < -0.3 is 5.32 Å². The summed E-state index contributed by atoms with van der Waals surface area (Å²) in [6.07, 6.45) is 6.18. The summed E-state index contributed by atoms with van der Waals surface area (Å²) in [5.41, 5.74) is -0.465. The first kappa shape index (κ1) is 16.4. The summed E-state index contributed by atoms with van der Waals surface area (Å²) in [5, 5.41) is 15.9. The molecule has 2 N–H and O–H groups in total. The molecule has 24 heavy (non-hydrogen) atoms. The minimum atomic E-state index is -1.21. The molecule has 1 atom stereocenters. The average Bonchev–Trinajstić information content (AvgIpc) is 3.02. The Bertz CT molecular complexity index is 845. The number of aromatic nitrogens is 4. The van der Waals surface area contributed by atoms with Crippen molar-refractivity contribution in [2.24, 2.45) is 7.05 Å². The third-order valence-corrected chi connectivity index (χ3v) is 5.28. The largest absolute Gasteiger partial charge is 0.353 e. The van der Waals surface area contributed by atoms with Crippen molar-refractivity contribution in [3.05, 3.63) is 34.5 Å². The summed E-state index contributed by atoms with van der Waals surface area (Å²) in [4.78, 5) is 18.9. The van der Waals surface area contributed by atoms with Crippen LogP contribution in [0.25, 0.3) is 0 Å². The third-order valence-electron chi connectivity index (χ3n) is 3.83. The van der Waals surface area contributed by atoms with Gasteiger partial charge in [-0.1, -0.05) is 0 Å². The normalized spacial score (nSPS) is 17.3. The molecule has 9 nitrogen and oxygen atoms in total. The number of nitriles is 1. The highest BCUT2D eigenvalue weighted by molar-refractivity contribution is 7.82. The quantitative estimate of drug-likeness (QED) is 0.802. The molecule has 126 valence electrons. The Labute approximate surface area is 140 Å². The van der Waals surface area contributed by atoms with Gasteiger partial charge in [0.2, 0.25) is 5.95 Å². The fourth-order valence-electron chi connectivity index (χ4n) is 2.55. The van der Waals surface area contributed by atoms with E-state index < -0.39 is 16.5 Å². The lowest BCUT2D eigenvalue weighted by Gasteiger charge is -2.30. The van der Waals surface area contributed by atoms with E-state index in [1.165, 1.54) is 6.20 Å². The molecule has 0 aliphatic carbocycles. The van der Waals surface area contributed by atoms with Crippen LogP contribution >= 0.6 is 0 Å². The number of nitrogens with zero attached hydrogens (tertiary/aromatic N) is 5. The number of aryl methyl sites for hydroxylation is 1. The number of hydrogen-bond acceptors (Lipinski definition) is 6. The standard InChI is InChI=1S/C14H17N7O2S/c1-20-9-12(8-17-20)24(23)21-4-2-11(3-5-21)18-14-16-7-10(6-15)13(22)19-14/h7-9,11H,2-5H2,1H3,(H2,16,18,19,22). The first-order valence-corrected chi connectivity index (χ1v) is 8.59. The van der Waals surface area contributed by atoms with Crippen LogP contribution in [0.2, 0.25) is 0 Å². The topological polar surface area (TPSA) is 120 Å². The van der Waals surface area contributed by atoms with Gasteiger partial charge in [-0.25, -0.2) is 13.5 Å². The minimum absolute atomic E-state index is 0.0118. The molecule has 1 unspecified atom stereocenters. The maximum Gasteiger partial charge on any atom is 0.270 e. The molecule has 0 saturated carbocycles. The maximum atomic E-state index is 12.5. The summed E-state index contributed by atoms with van der Waals surface area (Å²) >= 11 is 0. The average molecular weight is 347 g/mol. The smallest absolute Gasteiger partial charge is 0.270 e. The Morgan fingerprint density at radius 2 is 2.17 bits per heavy atom. The van der Waals surface area contributed by atoms with Gasteiger partial charge in [0.25, 0.3) is 5.56 Å². The lowest BCUT2D eigenvalue weighted by Crippen LogP contribution is -2.40. The minimum Gasteiger partial charge on any atom is -0.353 e. The number of nitrogens with one attached hydrogen (secondary N) is 2. The van der Waals surface area contributed by atoms with Crippen LogP contribution in [0.3, 0.4) is 0 Å². The van der Waals surface area contributed by atoms with Crippen molar-refractivity contribution in [3.8, 4) is 6.07 Å². The van der Waals surface area contributed by atoms with Gasteiger partial charge in [-0.2, -0.15) is 10.4 Å². The molecule has 0 radical (unpaired) electrons. The van der Waals surface area contributed by atoms with Crippen LogP contribution in [0.1, 0.15) is 18.4 Å². The Hall–Kier alpha value is -2.51. The van der Waals surface area contributed by atoms with Crippen molar-refractivity contribution in [2.45, 2.75) is 23.8 Å². The molecule has 0 bridgehead atoms. The monoisotopic (exact) mass is 347 g/mol. The van der Waals surface area contributed by atoms with E-state index in [0.717, 1.165) is 12.8 Å². The van der Waals surface area contributed by atoms with E-state index in [-0.39, 0.29) is 11.6 Å². The second kappa shape index (κ2) is 6.94. The number of rotatable bonds is 4. The SMILES string of the molecule is Cn1cc(S(=O)N2CCC(Nc3ncc(C#N)c(=O)[nH]3)CC2)cn1.